The monoisotopic (exact) mass is 645 g/mol. The Morgan fingerprint density at radius 1 is 1.05 bits per heavy atom. The molecular weight excluding hydrogens is 610 g/mol. The van der Waals surface area contributed by atoms with Crippen molar-refractivity contribution in [1.82, 2.24) is 15.1 Å². The van der Waals surface area contributed by atoms with Crippen LogP contribution >= 0.6 is 22.9 Å². The van der Waals surface area contributed by atoms with Gasteiger partial charge in [0.25, 0.3) is 11.8 Å². The molecule has 236 valence electrons. The molecule has 6 amide bonds. The molecule has 1 aromatic carbocycles. The van der Waals surface area contributed by atoms with Gasteiger partial charge in [-0.2, -0.15) is 0 Å². The zero-order valence-corrected chi connectivity index (χ0v) is 26.1. The van der Waals surface area contributed by atoms with Crippen LogP contribution < -0.4 is 15.1 Å². The number of unbranched alkanes of at least 4 members (excludes halogenated alkanes) is 1. The largest absolute Gasteiger partial charge is 0.442 e. The zero-order valence-electron chi connectivity index (χ0n) is 24.5. The van der Waals surface area contributed by atoms with Crippen molar-refractivity contribution in [2.45, 2.75) is 51.2 Å². The number of benzene rings is 1. The number of ether oxygens (including phenoxy) is 2. The molecule has 3 aliphatic heterocycles. The van der Waals surface area contributed by atoms with Crippen LogP contribution in [0.4, 0.5) is 21.0 Å². The summed E-state index contributed by atoms with van der Waals surface area (Å²) in [6.07, 6.45) is 1.80. The summed E-state index contributed by atoms with van der Waals surface area (Å²) in [5, 5.41) is 2.91. The van der Waals surface area contributed by atoms with Crippen LogP contribution in [-0.2, 0) is 19.1 Å². The van der Waals surface area contributed by atoms with Crippen molar-refractivity contribution < 1.29 is 33.4 Å². The quantitative estimate of drug-likeness (QED) is 0.385. The first-order chi connectivity index (χ1) is 21.2. The lowest BCUT2D eigenvalue weighted by atomic mass is 10.2. The van der Waals surface area contributed by atoms with Crippen molar-refractivity contribution >= 4 is 64.2 Å². The smallest absolute Gasteiger partial charge is 0.414 e. The molecule has 3 saturated heterocycles. The van der Waals surface area contributed by atoms with Gasteiger partial charge in [0, 0.05) is 43.5 Å². The molecule has 0 bridgehead atoms. The molecule has 5 rings (SSSR count). The summed E-state index contributed by atoms with van der Waals surface area (Å²) >= 11 is 7.13. The second-order valence-electron chi connectivity index (χ2n) is 11.0. The van der Waals surface area contributed by atoms with Gasteiger partial charge >= 0.3 is 12.1 Å². The first-order valence-electron chi connectivity index (χ1n) is 14.8. The number of thiophene rings is 1. The molecule has 0 radical (unpaired) electrons. The maximum Gasteiger partial charge on any atom is 0.414 e. The lowest BCUT2D eigenvalue weighted by molar-refractivity contribution is -0.129. The summed E-state index contributed by atoms with van der Waals surface area (Å²) in [5.41, 5.74) is 1.27. The van der Waals surface area contributed by atoms with Gasteiger partial charge in [0.05, 0.1) is 28.9 Å². The number of hydrogen-bond acceptors (Lipinski definition) is 8. The molecule has 0 aliphatic carbocycles. The van der Waals surface area contributed by atoms with Crippen LogP contribution in [0.25, 0.3) is 0 Å². The molecule has 4 heterocycles. The Kier molecular flexibility index (Phi) is 10.4. The third kappa shape index (κ3) is 7.51. The number of urea groups is 1. The van der Waals surface area contributed by atoms with Gasteiger partial charge < -0.3 is 24.6 Å². The summed E-state index contributed by atoms with van der Waals surface area (Å²) in [5.74, 6) is -1.03. The summed E-state index contributed by atoms with van der Waals surface area (Å²) in [6.45, 7) is 4.17. The van der Waals surface area contributed by atoms with Crippen LogP contribution in [0.3, 0.4) is 0 Å². The maximum absolute atomic E-state index is 13.4. The Labute approximate surface area is 264 Å². The number of cyclic esters (lactones) is 1. The normalized spacial score (nSPS) is 20.2. The van der Waals surface area contributed by atoms with Crippen molar-refractivity contribution in [3.8, 4) is 0 Å². The first-order valence-corrected chi connectivity index (χ1v) is 16.0. The highest BCUT2D eigenvalue weighted by molar-refractivity contribution is 7.18. The van der Waals surface area contributed by atoms with Gasteiger partial charge in [0.2, 0.25) is 5.91 Å². The molecule has 44 heavy (non-hydrogen) atoms. The third-order valence-corrected chi connectivity index (χ3v) is 9.18. The Morgan fingerprint density at radius 3 is 2.45 bits per heavy atom. The summed E-state index contributed by atoms with van der Waals surface area (Å²) < 4.78 is 11.2. The number of carbonyl (C=O) groups excluding carboxylic acids is 5. The van der Waals surface area contributed by atoms with Crippen molar-refractivity contribution in [2.75, 3.05) is 55.7 Å². The van der Waals surface area contributed by atoms with E-state index >= 15 is 0 Å². The lowest BCUT2D eigenvalue weighted by Crippen LogP contribution is -2.43. The van der Waals surface area contributed by atoms with Crippen molar-refractivity contribution in [1.29, 1.82) is 0 Å². The van der Waals surface area contributed by atoms with E-state index in [0.717, 1.165) is 35.6 Å². The van der Waals surface area contributed by atoms with Crippen molar-refractivity contribution in [3.05, 3.63) is 45.6 Å². The molecule has 1 aromatic heterocycles. The van der Waals surface area contributed by atoms with Crippen molar-refractivity contribution in [2.24, 2.45) is 0 Å². The maximum atomic E-state index is 13.4. The second kappa shape index (κ2) is 14.4. The minimum absolute atomic E-state index is 0.0299. The molecule has 2 aromatic rings. The van der Waals surface area contributed by atoms with E-state index in [4.69, 9.17) is 21.1 Å². The predicted molar refractivity (Wildman–Crippen MR) is 165 cm³/mol. The Hall–Kier alpha value is -3.68. The van der Waals surface area contributed by atoms with E-state index < -0.39 is 24.0 Å². The fourth-order valence-electron chi connectivity index (χ4n) is 5.56. The highest BCUT2D eigenvalue weighted by Gasteiger charge is 2.37. The number of rotatable bonds is 10. The molecule has 3 aliphatic rings. The summed E-state index contributed by atoms with van der Waals surface area (Å²) in [7, 11) is 0. The molecule has 0 unspecified atom stereocenters. The Morgan fingerprint density at radius 2 is 1.80 bits per heavy atom. The highest BCUT2D eigenvalue weighted by Crippen LogP contribution is 2.28. The van der Waals surface area contributed by atoms with Crippen LogP contribution in [0, 0.1) is 0 Å². The van der Waals surface area contributed by atoms with Gasteiger partial charge in [0.15, 0.2) is 0 Å². The number of anilines is 2. The van der Waals surface area contributed by atoms with Crippen LogP contribution in [0.5, 0.6) is 0 Å². The van der Waals surface area contributed by atoms with E-state index in [1.54, 1.807) is 41.3 Å². The number of imide groups is 1. The van der Waals surface area contributed by atoms with Gasteiger partial charge in [0.1, 0.15) is 12.7 Å². The van der Waals surface area contributed by atoms with E-state index in [1.165, 1.54) is 4.90 Å². The molecule has 14 heteroatoms. The van der Waals surface area contributed by atoms with E-state index in [2.05, 4.69) is 5.32 Å². The van der Waals surface area contributed by atoms with Gasteiger partial charge in [-0.15, -0.1) is 11.3 Å². The number of nitrogens with one attached hydrogen (secondary N) is 1. The summed E-state index contributed by atoms with van der Waals surface area (Å²) in [6, 6.07) is 10.3. The van der Waals surface area contributed by atoms with E-state index in [-0.39, 0.29) is 44.1 Å². The number of hydrogen-bond donors (Lipinski definition) is 1. The van der Waals surface area contributed by atoms with E-state index in [0.29, 0.717) is 53.1 Å². The average Bonchev–Trinajstić information content (AvgIpc) is 3.75. The fourth-order valence-corrected chi connectivity index (χ4v) is 6.56. The second-order valence-corrected chi connectivity index (χ2v) is 12.7. The molecule has 0 saturated carbocycles. The highest BCUT2D eigenvalue weighted by atomic mass is 35.5. The number of likely N-dealkylation sites (tertiary alicyclic amines) is 1. The van der Waals surface area contributed by atoms with E-state index in [1.807, 2.05) is 11.8 Å². The number of nitrogens with zero attached hydrogens (tertiary/aromatic N) is 4. The Bertz CT molecular complexity index is 1390. The molecule has 0 spiro atoms. The van der Waals surface area contributed by atoms with Gasteiger partial charge in [-0.05, 0) is 69.0 Å². The molecule has 1 N–H and O–H groups in total. The van der Waals surface area contributed by atoms with E-state index in [9.17, 15) is 24.0 Å². The van der Waals surface area contributed by atoms with Crippen molar-refractivity contribution in [3.63, 3.8) is 0 Å². The van der Waals surface area contributed by atoms with Gasteiger partial charge in [-0.3, -0.25) is 24.2 Å². The van der Waals surface area contributed by atoms with Gasteiger partial charge in [-0.1, -0.05) is 11.6 Å². The third-order valence-electron chi connectivity index (χ3n) is 7.96. The minimum atomic E-state index is -0.743. The lowest BCUT2D eigenvalue weighted by Gasteiger charge is -2.27. The summed E-state index contributed by atoms with van der Waals surface area (Å²) in [4.78, 5) is 70.4. The SMILES string of the molecule is C[C@@H]1CCCN1C(=O)NCCCCC(=O)N(C[C@H]1CN(c2ccc(N3CCOCC3=O)cc2)C(=O)O1)C(=O)c1ccc(Cl)s1. The first kappa shape index (κ1) is 31.7. The molecule has 12 nitrogen and oxygen atoms in total. The van der Waals surface area contributed by atoms with Crippen LogP contribution in [0.1, 0.15) is 48.7 Å². The molecule has 2 atom stereocenters. The van der Waals surface area contributed by atoms with Crippen LogP contribution in [0.15, 0.2) is 36.4 Å². The minimum Gasteiger partial charge on any atom is -0.442 e. The fraction of sp³-hybridized carbons (Fsp3) is 0.500. The number of carbonyl (C=O) groups is 5. The topological polar surface area (TPSA) is 129 Å². The molecule has 3 fully saturated rings. The number of halogens is 1. The van der Waals surface area contributed by atoms with Gasteiger partial charge in [-0.25, -0.2) is 9.59 Å². The zero-order chi connectivity index (χ0) is 31.2. The Balaban J connectivity index is 1.18. The van der Waals surface area contributed by atoms with Crippen LogP contribution in [-0.4, -0.2) is 97.7 Å². The average molecular weight is 646 g/mol. The van der Waals surface area contributed by atoms with Crippen LogP contribution in [0.2, 0.25) is 4.34 Å². The standard InChI is InChI=1S/C30H36ClN5O7S/c1-20-5-4-14-33(20)29(40)32-13-3-2-6-26(37)36(28(39)24-11-12-25(31)44-24)18-23-17-35(30(41)43-23)22-9-7-21(8-10-22)34-15-16-42-19-27(34)38/h7-12,20,23H,2-6,13-19H2,1H3,(H,32,40)/t20-,23-/m1/s1. The number of amides is 6. The number of morpholine rings is 1. The predicted octanol–water partition coefficient (Wildman–Crippen LogP) is 4.12. The molecular formula is C30H36ClN5O7S.